The van der Waals surface area contributed by atoms with Crippen LogP contribution < -0.4 is 0 Å². The van der Waals surface area contributed by atoms with E-state index in [2.05, 4.69) is 64.1 Å². The molecular formula is C32H26FN3. The van der Waals surface area contributed by atoms with Crippen molar-refractivity contribution >= 4 is 0 Å². The third-order valence-corrected chi connectivity index (χ3v) is 7.14. The van der Waals surface area contributed by atoms with Crippen molar-refractivity contribution in [1.82, 2.24) is 15.0 Å². The first-order chi connectivity index (χ1) is 17.3. The Morgan fingerprint density at radius 2 is 0.972 bits per heavy atom. The average Bonchev–Trinajstić information content (AvgIpc) is 3.10. The third kappa shape index (κ3) is 3.70. The molecule has 36 heavy (non-hydrogen) atoms. The van der Waals surface area contributed by atoms with Gasteiger partial charge < -0.3 is 0 Å². The maximum Gasteiger partial charge on any atom is 0.164 e. The number of aryl methyl sites for hydroxylation is 2. The maximum absolute atomic E-state index is 13.6. The van der Waals surface area contributed by atoms with Crippen molar-refractivity contribution in [2.24, 2.45) is 0 Å². The Bertz CT molecular complexity index is 1550. The maximum atomic E-state index is 13.6. The molecular weight excluding hydrogens is 445 g/mol. The fourth-order valence-electron chi connectivity index (χ4n) is 5.06. The van der Waals surface area contributed by atoms with Gasteiger partial charge in [0.2, 0.25) is 0 Å². The molecule has 1 aliphatic carbocycles. The molecule has 4 aromatic carbocycles. The smallest absolute Gasteiger partial charge is 0.164 e. The third-order valence-electron chi connectivity index (χ3n) is 7.14. The zero-order valence-corrected chi connectivity index (χ0v) is 20.8. The highest BCUT2D eigenvalue weighted by molar-refractivity contribution is 5.83. The quantitative estimate of drug-likeness (QED) is 0.268. The second-order valence-electron chi connectivity index (χ2n) is 10.1. The van der Waals surface area contributed by atoms with Crippen molar-refractivity contribution in [1.29, 1.82) is 0 Å². The van der Waals surface area contributed by atoms with Gasteiger partial charge in [0, 0.05) is 22.1 Å². The largest absolute Gasteiger partial charge is 0.208 e. The van der Waals surface area contributed by atoms with Crippen LogP contribution >= 0.6 is 0 Å². The molecule has 0 fully saturated rings. The summed E-state index contributed by atoms with van der Waals surface area (Å²) in [5.41, 5.74) is 10.1. The monoisotopic (exact) mass is 471 g/mol. The Balaban J connectivity index is 1.52. The molecule has 0 unspecified atom stereocenters. The number of hydrogen-bond acceptors (Lipinski definition) is 3. The van der Waals surface area contributed by atoms with E-state index < -0.39 is 0 Å². The molecule has 0 radical (unpaired) electrons. The lowest BCUT2D eigenvalue weighted by molar-refractivity contribution is 0.628. The van der Waals surface area contributed by atoms with Crippen LogP contribution in [0.3, 0.4) is 0 Å². The molecule has 0 spiro atoms. The normalized spacial score (nSPS) is 13.4. The Labute approximate surface area is 210 Å². The molecule has 0 saturated carbocycles. The first-order valence-corrected chi connectivity index (χ1v) is 12.1. The van der Waals surface area contributed by atoms with Crippen LogP contribution in [0.5, 0.6) is 0 Å². The molecule has 6 rings (SSSR count). The van der Waals surface area contributed by atoms with Crippen molar-refractivity contribution in [2.45, 2.75) is 33.1 Å². The summed E-state index contributed by atoms with van der Waals surface area (Å²) in [6, 6.07) is 27.6. The van der Waals surface area contributed by atoms with Gasteiger partial charge in [0.25, 0.3) is 0 Å². The van der Waals surface area contributed by atoms with Gasteiger partial charge >= 0.3 is 0 Å². The predicted molar refractivity (Wildman–Crippen MR) is 143 cm³/mol. The summed E-state index contributed by atoms with van der Waals surface area (Å²) in [4.78, 5) is 14.5. The van der Waals surface area contributed by atoms with Crippen LogP contribution in [0.4, 0.5) is 4.39 Å². The molecule has 0 atom stereocenters. The fraction of sp³-hybridized carbons (Fsp3) is 0.156. The van der Waals surface area contributed by atoms with Gasteiger partial charge in [-0.2, -0.15) is 0 Å². The summed E-state index contributed by atoms with van der Waals surface area (Å²) in [6.45, 7) is 8.74. The van der Waals surface area contributed by atoms with E-state index in [9.17, 15) is 4.39 Å². The first-order valence-electron chi connectivity index (χ1n) is 12.1. The SMILES string of the molecule is Cc1ccc(-c2nc(-c3ccc(F)cc3)nc(-c3ccc4c(c3)C(C)(C)c3cc(C)ccc3-4)n2)cc1. The van der Waals surface area contributed by atoms with Gasteiger partial charge in [-0.3, -0.25) is 0 Å². The lowest BCUT2D eigenvalue weighted by Crippen LogP contribution is -2.15. The van der Waals surface area contributed by atoms with E-state index in [1.807, 2.05) is 24.3 Å². The molecule has 0 amide bonds. The van der Waals surface area contributed by atoms with Crippen molar-refractivity contribution in [3.05, 3.63) is 113 Å². The van der Waals surface area contributed by atoms with E-state index >= 15 is 0 Å². The molecule has 1 heterocycles. The number of halogens is 1. The number of aromatic nitrogens is 3. The number of nitrogens with zero attached hydrogens (tertiary/aromatic N) is 3. The Morgan fingerprint density at radius 3 is 1.58 bits per heavy atom. The van der Waals surface area contributed by atoms with Gasteiger partial charge in [-0.05, 0) is 66.4 Å². The average molecular weight is 472 g/mol. The zero-order valence-electron chi connectivity index (χ0n) is 20.8. The Morgan fingerprint density at radius 1 is 0.528 bits per heavy atom. The summed E-state index contributed by atoms with van der Waals surface area (Å²) in [7, 11) is 0. The van der Waals surface area contributed by atoms with Crippen molar-refractivity contribution in [3.8, 4) is 45.3 Å². The van der Waals surface area contributed by atoms with Gasteiger partial charge in [-0.15, -0.1) is 0 Å². The number of benzene rings is 4. The van der Waals surface area contributed by atoms with E-state index in [0.29, 0.717) is 17.5 Å². The molecule has 176 valence electrons. The number of rotatable bonds is 3. The van der Waals surface area contributed by atoms with Crippen LogP contribution in [0.15, 0.2) is 84.9 Å². The van der Waals surface area contributed by atoms with Gasteiger partial charge in [-0.25, -0.2) is 19.3 Å². The van der Waals surface area contributed by atoms with Gasteiger partial charge in [-0.1, -0.05) is 79.6 Å². The van der Waals surface area contributed by atoms with E-state index in [0.717, 1.165) is 16.7 Å². The second kappa shape index (κ2) is 8.20. The van der Waals surface area contributed by atoms with E-state index in [1.54, 1.807) is 12.1 Å². The summed E-state index contributed by atoms with van der Waals surface area (Å²) in [5, 5.41) is 0. The topological polar surface area (TPSA) is 38.7 Å². The molecule has 4 heteroatoms. The summed E-state index contributed by atoms with van der Waals surface area (Å²) >= 11 is 0. The number of hydrogen-bond donors (Lipinski definition) is 0. The summed E-state index contributed by atoms with van der Waals surface area (Å²) < 4.78 is 13.6. The van der Waals surface area contributed by atoms with Crippen LogP contribution in [-0.4, -0.2) is 15.0 Å². The first kappa shape index (κ1) is 22.3. The summed E-state index contributed by atoms with van der Waals surface area (Å²) in [5.74, 6) is 1.43. The van der Waals surface area contributed by atoms with E-state index in [1.165, 1.54) is 45.5 Å². The van der Waals surface area contributed by atoms with E-state index in [4.69, 9.17) is 15.0 Å². The van der Waals surface area contributed by atoms with Crippen molar-refractivity contribution < 1.29 is 4.39 Å². The second-order valence-corrected chi connectivity index (χ2v) is 10.1. The minimum atomic E-state index is -0.289. The van der Waals surface area contributed by atoms with Gasteiger partial charge in [0.05, 0.1) is 0 Å². The fourth-order valence-corrected chi connectivity index (χ4v) is 5.06. The minimum absolute atomic E-state index is 0.126. The predicted octanol–water partition coefficient (Wildman–Crippen LogP) is 7.93. The van der Waals surface area contributed by atoms with Crippen molar-refractivity contribution in [2.75, 3.05) is 0 Å². The van der Waals surface area contributed by atoms with Gasteiger partial charge in [0.15, 0.2) is 17.5 Å². The highest BCUT2D eigenvalue weighted by Crippen LogP contribution is 2.49. The Kier molecular flexibility index (Phi) is 5.08. The minimum Gasteiger partial charge on any atom is -0.208 e. The molecule has 1 aliphatic rings. The molecule has 0 bridgehead atoms. The van der Waals surface area contributed by atoms with Crippen LogP contribution in [0.25, 0.3) is 45.3 Å². The standard InChI is InChI=1S/C32H26FN3/c1-19-5-8-21(9-6-19)29-34-30(22-10-13-24(33)14-11-22)36-31(35-29)23-12-16-26-25-15-7-20(2)17-27(25)32(3,4)28(26)18-23/h5-18H,1-4H3. The van der Waals surface area contributed by atoms with Crippen molar-refractivity contribution in [3.63, 3.8) is 0 Å². The van der Waals surface area contributed by atoms with E-state index in [-0.39, 0.29) is 11.2 Å². The lowest BCUT2D eigenvalue weighted by atomic mass is 9.81. The molecule has 0 saturated heterocycles. The zero-order chi connectivity index (χ0) is 25.0. The highest BCUT2D eigenvalue weighted by Gasteiger charge is 2.35. The Hall–Kier alpha value is -4.18. The highest BCUT2D eigenvalue weighted by atomic mass is 19.1. The molecule has 0 N–H and O–H groups in total. The van der Waals surface area contributed by atoms with Crippen LogP contribution in [-0.2, 0) is 5.41 Å². The van der Waals surface area contributed by atoms with Gasteiger partial charge in [0.1, 0.15) is 5.82 Å². The molecule has 5 aromatic rings. The van der Waals surface area contributed by atoms with Crippen LogP contribution in [0.1, 0.15) is 36.1 Å². The molecule has 0 aliphatic heterocycles. The lowest BCUT2D eigenvalue weighted by Gasteiger charge is -2.22. The molecule has 1 aromatic heterocycles. The molecule has 3 nitrogen and oxygen atoms in total. The van der Waals surface area contributed by atoms with Crippen LogP contribution in [0.2, 0.25) is 0 Å². The van der Waals surface area contributed by atoms with Crippen LogP contribution in [0, 0.1) is 19.7 Å². The summed E-state index contributed by atoms with van der Waals surface area (Å²) in [6.07, 6.45) is 0. The number of fused-ring (bicyclic) bond motifs is 3.